The summed E-state index contributed by atoms with van der Waals surface area (Å²) in [4.78, 5) is 0. The van der Waals surface area contributed by atoms with Gasteiger partial charge in [-0.05, 0) is 27.2 Å². The van der Waals surface area contributed by atoms with Crippen LogP contribution in [0.4, 0.5) is 0 Å². The number of quaternary nitrogens is 1. The molecule has 0 saturated carbocycles. The molecule has 0 aliphatic carbocycles. The van der Waals surface area contributed by atoms with Crippen molar-refractivity contribution in [3.63, 3.8) is 0 Å². The van der Waals surface area contributed by atoms with E-state index in [1.54, 1.807) is 20.8 Å². The molecule has 0 bridgehead atoms. The minimum absolute atomic E-state index is 0.0866. The number of hydrogen-bond donors (Lipinski definition) is 0. The Labute approximate surface area is 79.5 Å². The second-order valence-electron chi connectivity index (χ2n) is 2.67. The average molecular weight is 208 g/mol. The van der Waals surface area contributed by atoms with E-state index in [0.29, 0.717) is 19.6 Å². The van der Waals surface area contributed by atoms with Gasteiger partial charge in [-0.2, -0.15) is 12.3 Å². The zero-order valence-electron chi connectivity index (χ0n) is 8.23. The van der Waals surface area contributed by atoms with Crippen LogP contribution >= 0.6 is 0 Å². The normalized spacial score (nSPS) is 13.8. The lowest BCUT2D eigenvalue weighted by Gasteiger charge is -2.31. The van der Waals surface area contributed by atoms with Crippen molar-refractivity contribution >= 4 is 16.6 Å². The van der Waals surface area contributed by atoms with Crippen molar-refractivity contribution in [3.8, 4) is 0 Å². The van der Waals surface area contributed by atoms with Gasteiger partial charge in [-0.3, -0.25) is 0 Å². The molecular weight excluding hydrogens is 192 g/mol. The minimum atomic E-state index is -3.69. The van der Waals surface area contributed by atoms with Crippen LogP contribution in [0.1, 0.15) is 20.8 Å². The van der Waals surface area contributed by atoms with Gasteiger partial charge in [0, 0.05) is 0 Å². The van der Waals surface area contributed by atoms with Crippen LogP contribution in [-0.4, -0.2) is 38.3 Å². The highest BCUT2D eigenvalue weighted by molar-refractivity contribution is 7.84. The highest BCUT2D eigenvalue weighted by atomic mass is 32.2. The summed E-state index contributed by atoms with van der Waals surface area (Å²) in [7, 11) is -3.69. The summed E-state index contributed by atoms with van der Waals surface area (Å²) >= 11 is 0. The first-order valence-corrected chi connectivity index (χ1v) is 5.66. The maximum atomic E-state index is 11.5. The molecule has 0 aliphatic heterocycles. The topological polar surface area (TPSA) is 69.6 Å². The van der Waals surface area contributed by atoms with E-state index in [2.05, 4.69) is 4.40 Å². The SMILES string of the molecule is CC[N+](CC)(CC)S(=O)(=O)N=C[O-]. The number of rotatable bonds is 5. The second kappa shape index (κ2) is 4.57. The third kappa shape index (κ3) is 2.19. The van der Waals surface area contributed by atoms with Gasteiger partial charge in [0.05, 0.1) is 19.6 Å². The Morgan fingerprint density at radius 2 is 1.62 bits per heavy atom. The third-order valence-corrected chi connectivity index (χ3v) is 4.50. The van der Waals surface area contributed by atoms with Crippen molar-refractivity contribution in [3.05, 3.63) is 0 Å². The predicted molar refractivity (Wildman–Crippen MR) is 49.3 cm³/mol. The first-order valence-electron chi connectivity index (χ1n) is 4.26. The Kier molecular flexibility index (Phi) is 4.35. The van der Waals surface area contributed by atoms with Gasteiger partial charge >= 0.3 is 10.2 Å². The van der Waals surface area contributed by atoms with Crippen LogP contribution in [0.15, 0.2) is 4.40 Å². The average Bonchev–Trinajstić information content (AvgIpc) is 2.07. The summed E-state index contributed by atoms with van der Waals surface area (Å²) in [5.74, 6) is 0. The van der Waals surface area contributed by atoms with Crippen LogP contribution in [-0.2, 0) is 10.2 Å². The van der Waals surface area contributed by atoms with E-state index in [4.69, 9.17) is 0 Å². The molecule has 0 aromatic rings. The summed E-state index contributed by atoms with van der Waals surface area (Å²) < 4.78 is 25.9. The molecule has 78 valence electrons. The fourth-order valence-electron chi connectivity index (χ4n) is 1.31. The van der Waals surface area contributed by atoms with Crippen LogP contribution in [0.5, 0.6) is 0 Å². The lowest BCUT2D eigenvalue weighted by Crippen LogP contribution is -2.51. The smallest absolute Gasteiger partial charge is 0.413 e. The van der Waals surface area contributed by atoms with E-state index in [1.165, 1.54) is 0 Å². The Morgan fingerprint density at radius 3 is 1.85 bits per heavy atom. The van der Waals surface area contributed by atoms with Crippen molar-refractivity contribution in [2.75, 3.05) is 19.6 Å². The molecule has 13 heavy (non-hydrogen) atoms. The molecule has 0 heterocycles. The van der Waals surface area contributed by atoms with Crippen LogP contribution in [0.25, 0.3) is 0 Å². The van der Waals surface area contributed by atoms with Gasteiger partial charge < -0.3 is 5.11 Å². The van der Waals surface area contributed by atoms with E-state index in [0.717, 1.165) is 0 Å². The van der Waals surface area contributed by atoms with E-state index in [9.17, 15) is 13.5 Å². The monoisotopic (exact) mass is 208 g/mol. The van der Waals surface area contributed by atoms with Crippen molar-refractivity contribution in [2.24, 2.45) is 4.40 Å². The van der Waals surface area contributed by atoms with E-state index < -0.39 is 10.2 Å². The van der Waals surface area contributed by atoms with Crippen LogP contribution in [0.2, 0.25) is 0 Å². The zero-order valence-corrected chi connectivity index (χ0v) is 9.04. The van der Waals surface area contributed by atoms with Crippen LogP contribution in [0, 0.1) is 0 Å². The molecule has 5 nitrogen and oxygen atoms in total. The predicted octanol–water partition coefficient (Wildman–Crippen LogP) is -0.504. The minimum Gasteiger partial charge on any atom is -0.863 e. The van der Waals surface area contributed by atoms with Crippen LogP contribution in [0.3, 0.4) is 0 Å². The fraction of sp³-hybridized carbons (Fsp3) is 0.857. The van der Waals surface area contributed by atoms with Crippen molar-refractivity contribution < 1.29 is 17.4 Å². The molecule has 0 saturated heterocycles. The van der Waals surface area contributed by atoms with Gasteiger partial charge in [-0.25, -0.2) is 0 Å². The molecule has 0 rings (SSSR count). The van der Waals surface area contributed by atoms with Crippen LogP contribution < -0.4 is 5.11 Å². The summed E-state index contributed by atoms with van der Waals surface area (Å²) in [5.41, 5.74) is 0. The van der Waals surface area contributed by atoms with Gasteiger partial charge in [-0.15, -0.1) is 4.40 Å². The van der Waals surface area contributed by atoms with Gasteiger partial charge in [-0.1, -0.05) is 0 Å². The highest BCUT2D eigenvalue weighted by Gasteiger charge is 2.36. The molecule has 0 radical (unpaired) electrons. The molecule has 0 unspecified atom stereocenters. The Bertz CT molecular complexity index is 259. The first-order chi connectivity index (χ1) is 5.99. The quantitative estimate of drug-likeness (QED) is 0.347. The molecule has 0 aromatic carbocycles. The van der Waals surface area contributed by atoms with Crippen molar-refractivity contribution in [1.29, 1.82) is 0 Å². The van der Waals surface area contributed by atoms with E-state index in [-0.39, 0.29) is 10.3 Å². The maximum absolute atomic E-state index is 11.5. The summed E-state index contributed by atoms with van der Waals surface area (Å²) in [6, 6.07) is 0. The maximum Gasteiger partial charge on any atom is 0.413 e. The van der Waals surface area contributed by atoms with E-state index >= 15 is 0 Å². The molecule has 0 fully saturated rings. The number of hydrogen-bond acceptors (Lipinski definition) is 3. The van der Waals surface area contributed by atoms with Gasteiger partial charge in [0.1, 0.15) is 0 Å². The van der Waals surface area contributed by atoms with E-state index in [1.807, 2.05) is 0 Å². The molecule has 0 N–H and O–H groups in total. The van der Waals surface area contributed by atoms with Gasteiger partial charge in [0.15, 0.2) is 0 Å². The first kappa shape index (κ1) is 12.4. The zero-order chi connectivity index (χ0) is 10.5. The molecule has 0 spiro atoms. The highest BCUT2D eigenvalue weighted by Crippen LogP contribution is 2.15. The molecular formula is C7H16N2O3S. The number of nitrogens with zero attached hydrogens (tertiary/aromatic N) is 2. The summed E-state index contributed by atoms with van der Waals surface area (Å²) in [6.45, 7) is 6.58. The largest absolute Gasteiger partial charge is 0.863 e. The summed E-state index contributed by atoms with van der Waals surface area (Å²) in [6.07, 6.45) is 0.0866. The summed E-state index contributed by atoms with van der Waals surface area (Å²) in [5, 5.41) is 10.1. The van der Waals surface area contributed by atoms with Gasteiger partial charge in [0.2, 0.25) is 0 Å². The standard InChI is InChI=1S/C7H16N2O3S/c1-4-9(5-2,6-3)13(11,12)8-7-10/h7H,4-6H2,1-3H3. The lowest BCUT2D eigenvalue weighted by molar-refractivity contribution is -0.800. The molecule has 0 atom stereocenters. The molecule has 0 aromatic heterocycles. The third-order valence-electron chi connectivity index (χ3n) is 2.39. The fourth-order valence-corrected chi connectivity index (χ4v) is 2.60. The van der Waals surface area contributed by atoms with Crippen molar-refractivity contribution in [2.45, 2.75) is 20.8 Å². The Morgan fingerprint density at radius 1 is 1.23 bits per heavy atom. The molecule has 6 heteroatoms. The lowest BCUT2D eigenvalue weighted by atomic mass is 10.5. The van der Waals surface area contributed by atoms with Crippen molar-refractivity contribution in [1.82, 2.24) is 0 Å². The Hall–Kier alpha value is -0.620. The second-order valence-corrected chi connectivity index (χ2v) is 4.55. The van der Waals surface area contributed by atoms with Gasteiger partial charge in [0.25, 0.3) is 0 Å². The molecule has 0 aliphatic rings. The molecule has 0 amide bonds. The Balaban J connectivity index is 5.17.